The van der Waals surface area contributed by atoms with Crippen LogP contribution >= 0.6 is 0 Å². The third-order valence-electron chi connectivity index (χ3n) is 4.96. The number of hydrogen-bond acceptors (Lipinski definition) is 3. The molecule has 5 nitrogen and oxygen atoms in total. The van der Waals surface area contributed by atoms with Crippen LogP contribution in [0.5, 0.6) is 5.75 Å². The van der Waals surface area contributed by atoms with E-state index in [1.165, 1.54) is 24.8 Å². The van der Waals surface area contributed by atoms with Crippen LogP contribution in [0.2, 0.25) is 0 Å². The number of aryl methyl sites for hydroxylation is 1. The van der Waals surface area contributed by atoms with Crippen molar-refractivity contribution in [3.05, 3.63) is 59.9 Å². The summed E-state index contributed by atoms with van der Waals surface area (Å²) in [7, 11) is 1.61. The van der Waals surface area contributed by atoms with Gasteiger partial charge in [-0.05, 0) is 42.8 Å². The van der Waals surface area contributed by atoms with Crippen LogP contribution in [0, 0.1) is 0 Å². The fraction of sp³-hybridized carbons (Fsp3) is 0.391. The van der Waals surface area contributed by atoms with Gasteiger partial charge >= 0.3 is 0 Å². The van der Waals surface area contributed by atoms with Crippen LogP contribution in [0.1, 0.15) is 48.8 Å². The SMILES string of the molecule is CCCCCCn1c(CCNC(=O)c2ccc(OC)cc2)nc2ccccc21. The van der Waals surface area contributed by atoms with Gasteiger partial charge in [0.2, 0.25) is 0 Å². The minimum Gasteiger partial charge on any atom is -0.497 e. The lowest BCUT2D eigenvalue weighted by Gasteiger charge is -2.10. The van der Waals surface area contributed by atoms with Crippen molar-refractivity contribution in [3.8, 4) is 5.75 Å². The quantitative estimate of drug-likeness (QED) is 0.524. The first-order chi connectivity index (χ1) is 13.7. The van der Waals surface area contributed by atoms with Gasteiger partial charge in [-0.3, -0.25) is 4.79 Å². The molecule has 0 atom stereocenters. The van der Waals surface area contributed by atoms with Crippen molar-refractivity contribution in [2.75, 3.05) is 13.7 Å². The van der Waals surface area contributed by atoms with Gasteiger partial charge in [0.05, 0.1) is 18.1 Å². The first kappa shape index (κ1) is 19.9. The summed E-state index contributed by atoms with van der Waals surface area (Å²) in [5.74, 6) is 1.70. The molecule has 0 aliphatic heterocycles. The predicted molar refractivity (Wildman–Crippen MR) is 113 cm³/mol. The minimum absolute atomic E-state index is 0.0757. The second-order valence-corrected chi connectivity index (χ2v) is 6.96. The Hall–Kier alpha value is -2.82. The highest BCUT2D eigenvalue weighted by Crippen LogP contribution is 2.18. The molecule has 1 amide bonds. The van der Waals surface area contributed by atoms with E-state index >= 15 is 0 Å². The van der Waals surface area contributed by atoms with Crippen LogP contribution in [0.4, 0.5) is 0 Å². The predicted octanol–water partition coefficient (Wildman–Crippen LogP) is 4.60. The van der Waals surface area contributed by atoms with E-state index in [4.69, 9.17) is 9.72 Å². The molecule has 0 bridgehead atoms. The Kier molecular flexibility index (Phi) is 7.06. The Morgan fingerprint density at radius 3 is 2.61 bits per heavy atom. The second-order valence-electron chi connectivity index (χ2n) is 6.96. The zero-order chi connectivity index (χ0) is 19.8. The third-order valence-corrected chi connectivity index (χ3v) is 4.96. The molecule has 1 heterocycles. The van der Waals surface area contributed by atoms with Gasteiger partial charge in [-0.2, -0.15) is 0 Å². The molecule has 0 fully saturated rings. The van der Waals surface area contributed by atoms with Gasteiger partial charge in [-0.1, -0.05) is 38.3 Å². The lowest BCUT2D eigenvalue weighted by atomic mass is 10.2. The number of carbonyl (C=O) groups is 1. The van der Waals surface area contributed by atoms with Crippen molar-refractivity contribution in [2.24, 2.45) is 0 Å². The van der Waals surface area contributed by atoms with Gasteiger partial charge in [-0.25, -0.2) is 4.98 Å². The van der Waals surface area contributed by atoms with E-state index in [1.807, 2.05) is 6.07 Å². The average molecular weight is 380 g/mol. The summed E-state index contributed by atoms with van der Waals surface area (Å²) in [6, 6.07) is 15.4. The Morgan fingerprint density at radius 1 is 1.07 bits per heavy atom. The van der Waals surface area contributed by atoms with E-state index in [2.05, 4.69) is 35.0 Å². The number of fused-ring (bicyclic) bond motifs is 1. The van der Waals surface area contributed by atoms with Gasteiger partial charge in [0.25, 0.3) is 5.91 Å². The molecule has 0 saturated heterocycles. The van der Waals surface area contributed by atoms with Crippen LogP contribution in [0.25, 0.3) is 11.0 Å². The van der Waals surface area contributed by atoms with E-state index in [-0.39, 0.29) is 5.91 Å². The first-order valence-electron chi connectivity index (χ1n) is 10.1. The van der Waals surface area contributed by atoms with Crippen molar-refractivity contribution >= 4 is 16.9 Å². The van der Waals surface area contributed by atoms with Crippen molar-refractivity contribution in [3.63, 3.8) is 0 Å². The van der Waals surface area contributed by atoms with Crippen LogP contribution in [0.3, 0.4) is 0 Å². The Morgan fingerprint density at radius 2 is 1.86 bits per heavy atom. The number of carbonyl (C=O) groups excluding carboxylic acids is 1. The van der Waals surface area contributed by atoms with Gasteiger partial charge in [0.15, 0.2) is 0 Å². The van der Waals surface area contributed by atoms with Gasteiger partial charge in [0.1, 0.15) is 11.6 Å². The number of para-hydroxylation sites is 2. The Labute approximate surface area is 166 Å². The maximum atomic E-state index is 12.4. The summed E-state index contributed by atoms with van der Waals surface area (Å²) in [5, 5.41) is 3.00. The number of unbranched alkanes of at least 4 members (excludes halogenated alkanes) is 3. The highest BCUT2D eigenvalue weighted by Gasteiger charge is 2.11. The number of methoxy groups -OCH3 is 1. The summed E-state index contributed by atoms with van der Waals surface area (Å²) in [4.78, 5) is 17.2. The Bertz CT molecular complexity index is 900. The van der Waals surface area contributed by atoms with Crippen LogP contribution in [-0.4, -0.2) is 29.1 Å². The number of nitrogens with one attached hydrogen (secondary N) is 1. The van der Waals surface area contributed by atoms with E-state index in [0.29, 0.717) is 18.5 Å². The molecule has 0 saturated carbocycles. The molecule has 0 aliphatic rings. The zero-order valence-corrected chi connectivity index (χ0v) is 16.8. The lowest BCUT2D eigenvalue weighted by Crippen LogP contribution is -2.26. The molecule has 1 aromatic heterocycles. The topological polar surface area (TPSA) is 56.2 Å². The number of benzene rings is 2. The second kappa shape index (κ2) is 9.93. The molecule has 0 unspecified atom stereocenters. The summed E-state index contributed by atoms with van der Waals surface area (Å²) in [5.41, 5.74) is 2.83. The number of amides is 1. The number of rotatable bonds is 10. The largest absolute Gasteiger partial charge is 0.497 e. The van der Waals surface area contributed by atoms with Crippen molar-refractivity contribution in [2.45, 2.75) is 45.6 Å². The number of hydrogen-bond donors (Lipinski definition) is 1. The Balaban J connectivity index is 1.63. The van der Waals surface area contributed by atoms with Gasteiger partial charge in [0, 0.05) is 25.1 Å². The molecule has 3 rings (SSSR count). The standard InChI is InChI=1S/C23H29N3O2/c1-3-4-5-8-17-26-21-10-7-6-9-20(21)25-22(26)15-16-24-23(27)18-11-13-19(28-2)14-12-18/h6-7,9-14H,3-5,8,15-17H2,1-2H3,(H,24,27). The number of ether oxygens (including phenoxy) is 1. The maximum absolute atomic E-state index is 12.4. The normalized spacial score (nSPS) is 10.9. The first-order valence-corrected chi connectivity index (χ1v) is 10.1. The minimum atomic E-state index is -0.0757. The molecule has 2 aromatic carbocycles. The fourth-order valence-corrected chi connectivity index (χ4v) is 3.39. The van der Waals surface area contributed by atoms with Gasteiger partial charge in [-0.15, -0.1) is 0 Å². The van der Waals surface area contributed by atoms with Gasteiger partial charge < -0.3 is 14.6 Å². The smallest absolute Gasteiger partial charge is 0.251 e. The van der Waals surface area contributed by atoms with E-state index in [1.54, 1.807) is 31.4 Å². The summed E-state index contributed by atoms with van der Waals surface area (Å²) in [6.07, 6.45) is 5.59. The molecule has 148 valence electrons. The average Bonchev–Trinajstić information content (AvgIpc) is 3.08. The summed E-state index contributed by atoms with van der Waals surface area (Å²) < 4.78 is 7.44. The van der Waals surface area contributed by atoms with Crippen LogP contribution in [0.15, 0.2) is 48.5 Å². The molecule has 1 N–H and O–H groups in total. The monoisotopic (exact) mass is 379 g/mol. The van der Waals surface area contributed by atoms with Crippen LogP contribution in [-0.2, 0) is 13.0 Å². The van der Waals surface area contributed by atoms with E-state index in [0.717, 1.165) is 30.1 Å². The lowest BCUT2D eigenvalue weighted by molar-refractivity contribution is 0.0954. The van der Waals surface area contributed by atoms with Crippen LogP contribution < -0.4 is 10.1 Å². The molecular weight excluding hydrogens is 350 g/mol. The summed E-state index contributed by atoms with van der Waals surface area (Å²) in [6.45, 7) is 3.76. The third kappa shape index (κ3) is 4.91. The molecule has 5 heteroatoms. The molecule has 0 aliphatic carbocycles. The highest BCUT2D eigenvalue weighted by atomic mass is 16.5. The molecule has 28 heavy (non-hydrogen) atoms. The fourth-order valence-electron chi connectivity index (χ4n) is 3.39. The van der Waals surface area contributed by atoms with E-state index < -0.39 is 0 Å². The number of aromatic nitrogens is 2. The number of nitrogens with zero attached hydrogens (tertiary/aromatic N) is 2. The maximum Gasteiger partial charge on any atom is 0.251 e. The summed E-state index contributed by atoms with van der Waals surface area (Å²) >= 11 is 0. The zero-order valence-electron chi connectivity index (χ0n) is 16.8. The molecule has 3 aromatic rings. The highest BCUT2D eigenvalue weighted by molar-refractivity contribution is 5.94. The van der Waals surface area contributed by atoms with Crippen molar-refractivity contribution in [1.29, 1.82) is 0 Å². The van der Waals surface area contributed by atoms with E-state index in [9.17, 15) is 4.79 Å². The van der Waals surface area contributed by atoms with Crippen molar-refractivity contribution in [1.82, 2.24) is 14.9 Å². The molecular formula is C23H29N3O2. The number of imidazole rings is 1. The molecule has 0 radical (unpaired) electrons. The van der Waals surface area contributed by atoms with Crippen molar-refractivity contribution < 1.29 is 9.53 Å². The molecule has 0 spiro atoms.